The third-order valence-corrected chi connectivity index (χ3v) is 9.76. The molecule has 7 rings (SSSR count). The average molecular weight is 619 g/mol. The zero-order valence-electron chi connectivity index (χ0n) is 24.2. The third kappa shape index (κ3) is 4.57. The van der Waals surface area contributed by atoms with Gasteiger partial charge in [-0.25, -0.2) is 13.2 Å². The molecular formula is C31H32F6N6O. The first kappa shape index (κ1) is 29.1. The molecule has 1 saturated carbocycles. The van der Waals surface area contributed by atoms with Crippen molar-refractivity contribution in [1.82, 2.24) is 19.9 Å². The maximum absolute atomic E-state index is 16.5. The second kappa shape index (κ2) is 10.2. The Morgan fingerprint density at radius 3 is 2.70 bits per heavy atom. The largest absolute Gasteiger partial charge is 0.461 e. The molecule has 4 fully saturated rings. The van der Waals surface area contributed by atoms with E-state index in [0.717, 1.165) is 70.2 Å². The number of fused-ring (bicyclic) bond motifs is 3. The number of nitrogen functional groups attached to an aromatic ring is 1. The second-order valence-electron chi connectivity index (χ2n) is 12.6. The molecule has 7 nitrogen and oxygen atoms in total. The molecule has 234 valence electrons. The molecule has 13 heteroatoms. The molecule has 1 aromatic carbocycles. The molecule has 0 radical (unpaired) electrons. The van der Waals surface area contributed by atoms with Gasteiger partial charge >= 0.3 is 12.2 Å². The van der Waals surface area contributed by atoms with Crippen molar-refractivity contribution >= 4 is 22.4 Å². The topological polar surface area (TPSA) is 80.4 Å². The Labute approximate surface area is 250 Å². The molecule has 0 spiro atoms. The number of alkyl halides is 4. The molecule has 3 saturated heterocycles. The Hall–Kier alpha value is -3.61. The molecule has 44 heavy (non-hydrogen) atoms. The predicted molar refractivity (Wildman–Crippen MR) is 153 cm³/mol. The lowest BCUT2D eigenvalue weighted by Crippen LogP contribution is -2.43. The van der Waals surface area contributed by atoms with E-state index in [1.54, 1.807) is 4.90 Å². The molecule has 0 bridgehead atoms. The summed E-state index contributed by atoms with van der Waals surface area (Å²) in [4.78, 5) is 17.2. The maximum atomic E-state index is 16.5. The van der Waals surface area contributed by atoms with Crippen LogP contribution in [0.15, 0.2) is 24.4 Å². The van der Waals surface area contributed by atoms with Crippen LogP contribution in [-0.2, 0) is 6.18 Å². The first-order valence-electron chi connectivity index (χ1n) is 14.9. The van der Waals surface area contributed by atoms with Crippen LogP contribution in [0.4, 0.5) is 37.8 Å². The summed E-state index contributed by atoms with van der Waals surface area (Å²) in [5.74, 6) is -2.36. The first-order chi connectivity index (χ1) is 20.9. The molecule has 1 aliphatic carbocycles. The van der Waals surface area contributed by atoms with E-state index in [1.807, 2.05) is 0 Å². The summed E-state index contributed by atoms with van der Waals surface area (Å²) in [5.41, 5.74) is 2.04. The van der Waals surface area contributed by atoms with E-state index in [-0.39, 0.29) is 40.8 Å². The van der Waals surface area contributed by atoms with E-state index in [2.05, 4.69) is 26.4 Å². The Morgan fingerprint density at radius 2 is 1.93 bits per heavy atom. The minimum Gasteiger partial charge on any atom is -0.461 e. The van der Waals surface area contributed by atoms with Crippen molar-refractivity contribution in [3.8, 4) is 17.3 Å². The molecule has 2 aromatic heterocycles. The summed E-state index contributed by atoms with van der Waals surface area (Å²) in [5, 5.41) is 0.119. The highest BCUT2D eigenvalue weighted by molar-refractivity contribution is 5.93. The summed E-state index contributed by atoms with van der Waals surface area (Å²) in [6, 6.07) is 0.120. The molecular weight excluding hydrogens is 586 g/mol. The van der Waals surface area contributed by atoms with Crippen molar-refractivity contribution in [2.75, 3.05) is 36.9 Å². The van der Waals surface area contributed by atoms with Crippen LogP contribution in [-0.4, -0.2) is 63.8 Å². The lowest BCUT2D eigenvalue weighted by Gasteiger charge is -2.31. The van der Waals surface area contributed by atoms with Crippen LogP contribution in [0.1, 0.15) is 49.7 Å². The van der Waals surface area contributed by atoms with Crippen LogP contribution in [0.5, 0.6) is 6.01 Å². The van der Waals surface area contributed by atoms with Gasteiger partial charge in [0.15, 0.2) is 5.82 Å². The van der Waals surface area contributed by atoms with Gasteiger partial charge in [0.05, 0.1) is 28.2 Å². The quantitative estimate of drug-likeness (QED) is 0.202. The average Bonchev–Trinajstić information content (AvgIpc) is 3.37. The van der Waals surface area contributed by atoms with Crippen LogP contribution in [0.25, 0.3) is 22.2 Å². The molecule has 4 atom stereocenters. The van der Waals surface area contributed by atoms with Crippen LogP contribution < -0.4 is 15.4 Å². The fourth-order valence-electron chi connectivity index (χ4n) is 7.62. The summed E-state index contributed by atoms with van der Waals surface area (Å²) >= 11 is 0. The van der Waals surface area contributed by atoms with E-state index in [0.29, 0.717) is 6.54 Å². The lowest BCUT2D eigenvalue weighted by atomic mass is 9.94. The van der Waals surface area contributed by atoms with E-state index >= 15 is 4.39 Å². The van der Waals surface area contributed by atoms with Gasteiger partial charge in [0.25, 0.3) is 0 Å². The van der Waals surface area contributed by atoms with Crippen molar-refractivity contribution < 1.29 is 31.1 Å². The monoisotopic (exact) mass is 618 g/mol. The number of ether oxygens (including phenoxy) is 1. The second-order valence-corrected chi connectivity index (χ2v) is 12.6. The van der Waals surface area contributed by atoms with E-state index in [9.17, 15) is 22.0 Å². The van der Waals surface area contributed by atoms with Crippen LogP contribution >= 0.6 is 0 Å². The summed E-state index contributed by atoms with van der Waals surface area (Å²) in [6.45, 7) is 7.39. The number of nitrogens with two attached hydrogens (primary N) is 1. The van der Waals surface area contributed by atoms with Crippen molar-refractivity contribution in [1.29, 1.82) is 0 Å². The molecule has 2 N–H and O–H groups in total. The molecule has 5 heterocycles. The number of pyridine rings is 1. The van der Waals surface area contributed by atoms with Crippen LogP contribution in [0.3, 0.4) is 0 Å². The van der Waals surface area contributed by atoms with Gasteiger partial charge in [0.1, 0.15) is 35.6 Å². The van der Waals surface area contributed by atoms with Crippen molar-refractivity contribution in [3.63, 3.8) is 0 Å². The summed E-state index contributed by atoms with van der Waals surface area (Å²) in [7, 11) is 0. The molecule has 4 aliphatic rings. The highest BCUT2D eigenvalue weighted by Crippen LogP contribution is 2.49. The summed E-state index contributed by atoms with van der Waals surface area (Å²) < 4.78 is 94.5. The fourth-order valence-corrected chi connectivity index (χ4v) is 7.62. The van der Waals surface area contributed by atoms with E-state index < -0.39 is 58.1 Å². The van der Waals surface area contributed by atoms with Gasteiger partial charge in [-0.2, -0.15) is 23.1 Å². The number of benzene rings is 1. The minimum atomic E-state index is -5.02. The number of halogens is 6. The Kier molecular flexibility index (Phi) is 6.76. The smallest absolute Gasteiger partial charge is 0.417 e. The number of hydrogen-bond donors (Lipinski definition) is 1. The van der Waals surface area contributed by atoms with Gasteiger partial charge in [-0.15, -0.1) is 0 Å². The number of hydrogen-bond acceptors (Lipinski definition) is 7. The molecule has 3 aromatic rings. The van der Waals surface area contributed by atoms with E-state index in [1.165, 1.54) is 6.20 Å². The van der Waals surface area contributed by atoms with Crippen molar-refractivity contribution in [2.45, 2.75) is 69.4 Å². The SMILES string of the molecule is C=C1CN2CCC[C@@]2(COc2nc(N3CCCC[C@@H]4[C@@H](F)[C@@H]43)c3cnc(-c4cc(N)c(F)c(C)c4C(F)(F)F)c(F)c3n2)C1. The highest BCUT2D eigenvalue weighted by atomic mass is 19.4. The molecule has 0 unspecified atom stereocenters. The minimum absolute atomic E-state index is 0.119. The van der Waals surface area contributed by atoms with Crippen LogP contribution in [0.2, 0.25) is 0 Å². The van der Waals surface area contributed by atoms with E-state index in [4.69, 9.17) is 10.5 Å². The van der Waals surface area contributed by atoms with Gasteiger partial charge < -0.3 is 15.4 Å². The zero-order valence-corrected chi connectivity index (χ0v) is 24.2. The summed E-state index contributed by atoms with van der Waals surface area (Å²) in [6.07, 6.45) is 0.00398. The number of aromatic nitrogens is 3. The van der Waals surface area contributed by atoms with Gasteiger partial charge in [-0.05, 0) is 57.2 Å². The Morgan fingerprint density at radius 1 is 1.14 bits per heavy atom. The van der Waals surface area contributed by atoms with Gasteiger partial charge in [0, 0.05) is 30.8 Å². The standard InChI is InChI=1S/C31H32F6N6O/c1-15-11-30(7-5-8-42(30)13-15)14-44-29-40-26-19(28(41-29)43-9-4-3-6-17-23(33)27(17)43)12-39-25(24(26)34)18-10-20(38)22(32)16(2)21(18)31(35,36)37/h10,12,17,23,27H,1,3-9,11,13-14,38H2,2H3/t17-,23-,27-,30+/m1/s1. The normalized spacial score (nSPS) is 27.0. The van der Waals surface area contributed by atoms with Gasteiger partial charge in [-0.3, -0.25) is 9.88 Å². The third-order valence-electron chi connectivity index (χ3n) is 9.76. The number of nitrogens with zero attached hydrogens (tertiary/aromatic N) is 5. The number of rotatable bonds is 5. The fraction of sp³-hybridized carbons (Fsp3) is 0.516. The van der Waals surface area contributed by atoms with Crippen molar-refractivity contribution in [2.24, 2.45) is 5.92 Å². The Balaban J connectivity index is 1.38. The van der Waals surface area contributed by atoms with Gasteiger partial charge in [0.2, 0.25) is 0 Å². The first-order valence-corrected chi connectivity index (χ1v) is 14.9. The number of anilines is 2. The highest BCUT2D eigenvalue weighted by Gasteiger charge is 2.55. The molecule has 3 aliphatic heterocycles. The van der Waals surface area contributed by atoms with Crippen LogP contribution in [0, 0.1) is 24.5 Å². The lowest BCUT2D eigenvalue weighted by molar-refractivity contribution is -0.137. The Bertz CT molecular complexity index is 1680. The molecule has 0 amide bonds. The van der Waals surface area contributed by atoms with Crippen molar-refractivity contribution in [3.05, 3.63) is 47.2 Å². The zero-order chi connectivity index (χ0) is 31.1. The van der Waals surface area contributed by atoms with Gasteiger partial charge in [-0.1, -0.05) is 18.6 Å². The predicted octanol–water partition coefficient (Wildman–Crippen LogP) is 6.38. The maximum Gasteiger partial charge on any atom is 0.417 e.